The lowest BCUT2D eigenvalue weighted by Crippen LogP contribution is -2.22. The van der Waals surface area contributed by atoms with E-state index in [1.165, 1.54) is 11.3 Å². The summed E-state index contributed by atoms with van der Waals surface area (Å²) in [5.41, 5.74) is 1.95. The van der Waals surface area contributed by atoms with Gasteiger partial charge in [0.25, 0.3) is 5.91 Å². The maximum atomic E-state index is 12.1. The van der Waals surface area contributed by atoms with Gasteiger partial charge in [0.15, 0.2) is 0 Å². The fourth-order valence-corrected chi connectivity index (χ4v) is 4.01. The number of halogens is 1. The lowest BCUT2D eigenvalue weighted by atomic mass is 10.1. The van der Waals surface area contributed by atoms with Gasteiger partial charge in [-0.3, -0.25) is 9.78 Å². The molecule has 3 aromatic heterocycles. The largest absolute Gasteiger partial charge is 0.347 e. The minimum atomic E-state index is -0.0633. The first kappa shape index (κ1) is 14.4. The van der Waals surface area contributed by atoms with Gasteiger partial charge in [0.2, 0.25) is 0 Å². The second-order valence-electron chi connectivity index (χ2n) is 4.30. The van der Waals surface area contributed by atoms with Gasteiger partial charge < -0.3 is 5.32 Å². The molecule has 21 heavy (non-hydrogen) atoms. The fourth-order valence-electron chi connectivity index (χ4n) is 1.91. The highest BCUT2D eigenvalue weighted by Crippen LogP contribution is 2.26. The van der Waals surface area contributed by atoms with Crippen LogP contribution in [0.3, 0.4) is 0 Å². The molecule has 6 heteroatoms. The number of nitrogens with zero attached hydrogens (tertiary/aromatic N) is 1. The standard InChI is InChI=1S/C15H11BrN2OS2/c16-11-7-13(21-9-11)15(19)18-8-10-3-1-5-17-14(10)12-4-2-6-20-12/h1-7,9H,8H2,(H,18,19). The highest BCUT2D eigenvalue weighted by Gasteiger charge is 2.11. The van der Waals surface area contributed by atoms with Crippen LogP contribution in [0.5, 0.6) is 0 Å². The van der Waals surface area contributed by atoms with Crippen molar-refractivity contribution < 1.29 is 4.79 Å². The van der Waals surface area contributed by atoms with Crippen LogP contribution in [0.15, 0.2) is 51.8 Å². The van der Waals surface area contributed by atoms with E-state index in [1.54, 1.807) is 17.5 Å². The van der Waals surface area contributed by atoms with E-state index in [0.717, 1.165) is 20.6 Å². The third-order valence-corrected chi connectivity index (χ3v) is 5.44. The summed E-state index contributed by atoms with van der Waals surface area (Å²) in [5.74, 6) is -0.0633. The molecule has 0 atom stereocenters. The zero-order valence-corrected chi connectivity index (χ0v) is 14.1. The Morgan fingerprint density at radius 1 is 1.29 bits per heavy atom. The quantitative estimate of drug-likeness (QED) is 0.722. The smallest absolute Gasteiger partial charge is 0.261 e. The van der Waals surface area contributed by atoms with Crippen LogP contribution >= 0.6 is 38.6 Å². The van der Waals surface area contributed by atoms with E-state index in [-0.39, 0.29) is 5.91 Å². The number of pyridine rings is 1. The Morgan fingerprint density at radius 3 is 2.90 bits per heavy atom. The number of thiophene rings is 2. The van der Waals surface area contributed by atoms with Gasteiger partial charge in [0, 0.05) is 22.6 Å². The van der Waals surface area contributed by atoms with Crippen LogP contribution in [0.2, 0.25) is 0 Å². The van der Waals surface area contributed by atoms with Gasteiger partial charge in [0.05, 0.1) is 15.4 Å². The molecule has 0 spiro atoms. The van der Waals surface area contributed by atoms with Gasteiger partial charge in [0.1, 0.15) is 0 Å². The fraction of sp³-hybridized carbons (Fsp3) is 0.0667. The van der Waals surface area contributed by atoms with Crippen molar-refractivity contribution in [3.8, 4) is 10.6 Å². The van der Waals surface area contributed by atoms with Gasteiger partial charge >= 0.3 is 0 Å². The zero-order chi connectivity index (χ0) is 14.7. The number of carbonyl (C=O) groups is 1. The van der Waals surface area contributed by atoms with E-state index in [0.29, 0.717) is 11.4 Å². The molecule has 3 nitrogen and oxygen atoms in total. The molecule has 0 aliphatic heterocycles. The molecule has 0 radical (unpaired) electrons. The molecule has 0 fully saturated rings. The molecule has 0 aromatic carbocycles. The first-order chi connectivity index (χ1) is 10.2. The van der Waals surface area contributed by atoms with Crippen molar-refractivity contribution in [3.05, 3.63) is 62.2 Å². The summed E-state index contributed by atoms with van der Waals surface area (Å²) in [6, 6.07) is 9.74. The number of amides is 1. The minimum Gasteiger partial charge on any atom is -0.347 e. The Morgan fingerprint density at radius 2 is 2.19 bits per heavy atom. The van der Waals surface area contributed by atoms with Crippen LogP contribution in [0.4, 0.5) is 0 Å². The van der Waals surface area contributed by atoms with Gasteiger partial charge in [-0.05, 0) is 45.1 Å². The second-order valence-corrected chi connectivity index (χ2v) is 7.07. The molecule has 0 bridgehead atoms. The molecule has 3 heterocycles. The second kappa shape index (κ2) is 6.51. The van der Waals surface area contributed by atoms with Crippen LogP contribution in [-0.2, 0) is 6.54 Å². The van der Waals surface area contributed by atoms with E-state index in [9.17, 15) is 4.79 Å². The van der Waals surface area contributed by atoms with Crippen LogP contribution in [0, 0.1) is 0 Å². The van der Waals surface area contributed by atoms with E-state index < -0.39 is 0 Å². The van der Waals surface area contributed by atoms with Crippen molar-refractivity contribution in [2.45, 2.75) is 6.54 Å². The number of nitrogens with one attached hydrogen (secondary N) is 1. The van der Waals surface area contributed by atoms with E-state index >= 15 is 0 Å². The maximum absolute atomic E-state index is 12.1. The predicted molar refractivity (Wildman–Crippen MR) is 90.7 cm³/mol. The van der Waals surface area contributed by atoms with Crippen molar-refractivity contribution in [1.29, 1.82) is 0 Å². The summed E-state index contributed by atoms with van der Waals surface area (Å²) in [4.78, 5) is 18.3. The molecule has 1 N–H and O–H groups in total. The molecule has 3 rings (SSSR count). The van der Waals surface area contributed by atoms with Gasteiger partial charge in [-0.25, -0.2) is 0 Å². The minimum absolute atomic E-state index is 0.0633. The number of rotatable bonds is 4. The van der Waals surface area contributed by atoms with Crippen LogP contribution < -0.4 is 5.32 Å². The first-order valence-electron chi connectivity index (χ1n) is 6.24. The predicted octanol–water partition coefficient (Wildman–Crippen LogP) is 4.56. The van der Waals surface area contributed by atoms with E-state index in [1.807, 2.05) is 41.1 Å². The monoisotopic (exact) mass is 378 g/mol. The molecular weight excluding hydrogens is 368 g/mol. The number of carbonyl (C=O) groups excluding carboxylic acids is 1. The molecule has 0 aliphatic rings. The number of aromatic nitrogens is 1. The normalized spacial score (nSPS) is 10.5. The van der Waals surface area contributed by atoms with Gasteiger partial charge in [-0.15, -0.1) is 22.7 Å². The average molecular weight is 379 g/mol. The maximum Gasteiger partial charge on any atom is 0.261 e. The van der Waals surface area contributed by atoms with Crippen molar-refractivity contribution in [3.63, 3.8) is 0 Å². The lowest BCUT2D eigenvalue weighted by molar-refractivity contribution is 0.0955. The number of hydrogen-bond acceptors (Lipinski definition) is 4. The highest BCUT2D eigenvalue weighted by molar-refractivity contribution is 9.10. The van der Waals surface area contributed by atoms with Crippen molar-refractivity contribution in [1.82, 2.24) is 10.3 Å². The van der Waals surface area contributed by atoms with Gasteiger partial charge in [-0.2, -0.15) is 0 Å². The Bertz CT molecular complexity index is 753. The Balaban J connectivity index is 1.75. The third-order valence-electron chi connectivity index (χ3n) is 2.88. The van der Waals surface area contributed by atoms with Crippen molar-refractivity contribution in [2.24, 2.45) is 0 Å². The summed E-state index contributed by atoms with van der Waals surface area (Å²) >= 11 is 6.42. The topological polar surface area (TPSA) is 42.0 Å². The molecule has 0 aliphatic carbocycles. The third kappa shape index (κ3) is 3.40. The zero-order valence-electron chi connectivity index (χ0n) is 10.9. The molecule has 3 aromatic rings. The van der Waals surface area contributed by atoms with E-state index in [2.05, 4.69) is 26.2 Å². The van der Waals surface area contributed by atoms with Gasteiger partial charge in [-0.1, -0.05) is 12.1 Å². The van der Waals surface area contributed by atoms with Crippen LogP contribution in [-0.4, -0.2) is 10.9 Å². The molecule has 106 valence electrons. The molecular formula is C15H11BrN2OS2. The summed E-state index contributed by atoms with van der Waals surface area (Å²) in [6.45, 7) is 0.468. The Hall–Kier alpha value is -1.50. The highest BCUT2D eigenvalue weighted by atomic mass is 79.9. The van der Waals surface area contributed by atoms with Crippen molar-refractivity contribution in [2.75, 3.05) is 0 Å². The van der Waals surface area contributed by atoms with Crippen molar-refractivity contribution >= 4 is 44.5 Å². The Kier molecular flexibility index (Phi) is 4.48. The summed E-state index contributed by atoms with van der Waals surface area (Å²) in [7, 11) is 0. The number of hydrogen-bond donors (Lipinski definition) is 1. The SMILES string of the molecule is O=C(NCc1cccnc1-c1cccs1)c1cc(Br)cs1. The van der Waals surface area contributed by atoms with E-state index in [4.69, 9.17) is 0 Å². The average Bonchev–Trinajstić information content (AvgIpc) is 3.16. The molecule has 0 saturated carbocycles. The summed E-state index contributed by atoms with van der Waals surface area (Å²) < 4.78 is 0.929. The Labute approximate surface area is 138 Å². The molecule has 1 amide bonds. The summed E-state index contributed by atoms with van der Waals surface area (Å²) in [5, 5.41) is 6.87. The first-order valence-corrected chi connectivity index (χ1v) is 8.79. The summed E-state index contributed by atoms with van der Waals surface area (Å²) in [6.07, 6.45) is 1.77. The molecule has 0 unspecified atom stereocenters. The molecule has 0 saturated heterocycles. The van der Waals surface area contributed by atoms with Crippen LogP contribution in [0.1, 0.15) is 15.2 Å². The van der Waals surface area contributed by atoms with Crippen LogP contribution in [0.25, 0.3) is 10.6 Å². The lowest BCUT2D eigenvalue weighted by Gasteiger charge is -2.08.